The van der Waals surface area contributed by atoms with Gasteiger partial charge >= 0.3 is 11.9 Å². The number of nitrogen functional groups attached to an aromatic ring is 1. The molecule has 3 N–H and O–H groups in total. The predicted molar refractivity (Wildman–Crippen MR) is 67.7 cm³/mol. The number of carbonyl (C=O) groups excluding carboxylic acids is 1. The zero-order valence-electron chi connectivity index (χ0n) is 10.9. The summed E-state index contributed by atoms with van der Waals surface area (Å²) in [5.41, 5.74) is 5.54. The number of carbonyl (C=O) groups is 2. The first-order valence-electron chi connectivity index (χ1n) is 5.49. The van der Waals surface area contributed by atoms with Crippen molar-refractivity contribution in [2.45, 2.75) is 33.3 Å². The van der Waals surface area contributed by atoms with Crippen molar-refractivity contribution in [2.75, 3.05) is 5.73 Å². The third-order valence-electron chi connectivity index (χ3n) is 2.29. The molecule has 0 aromatic heterocycles. The minimum Gasteiger partial charge on any atom is -0.478 e. The van der Waals surface area contributed by atoms with E-state index < -0.39 is 17.5 Å². The molecule has 0 saturated carbocycles. The van der Waals surface area contributed by atoms with Crippen LogP contribution in [-0.4, -0.2) is 22.6 Å². The number of nitrogens with two attached hydrogens (primary N) is 1. The molecule has 98 valence electrons. The van der Waals surface area contributed by atoms with E-state index in [0.717, 1.165) is 0 Å². The van der Waals surface area contributed by atoms with E-state index in [-0.39, 0.29) is 16.8 Å². The first kappa shape index (κ1) is 14.0. The molecule has 0 unspecified atom stereocenters. The average Bonchev–Trinajstić information content (AvgIpc) is 2.13. The SMILES string of the molecule is Cc1ccc(C(=O)OC(C)(C)C)c(N)c1C(=O)O. The van der Waals surface area contributed by atoms with E-state index in [2.05, 4.69) is 0 Å². The summed E-state index contributed by atoms with van der Waals surface area (Å²) in [4.78, 5) is 22.9. The molecule has 18 heavy (non-hydrogen) atoms. The highest BCUT2D eigenvalue weighted by molar-refractivity contribution is 6.04. The Balaban J connectivity index is 3.24. The highest BCUT2D eigenvalue weighted by Gasteiger charge is 2.23. The highest BCUT2D eigenvalue weighted by Crippen LogP contribution is 2.24. The molecule has 0 aliphatic carbocycles. The maximum Gasteiger partial charge on any atom is 0.340 e. The van der Waals surface area contributed by atoms with Crippen LogP contribution in [0, 0.1) is 6.92 Å². The lowest BCUT2D eigenvalue weighted by molar-refractivity contribution is 0.00708. The molecule has 0 heterocycles. The summed E-state index contributed by atoms with van der Waals surface area (Å²) in [6.45, 7) is 6.81. The van der Waals surface area contributed by atoms with E-state index in [0.29, 0.717) is 5.56 Å². The fourth-order valence-electron chi connectivity index (χ4n) is 1.52. The molecule has 0 fully saturated rings. The lowest BCUT2D eigenvalue weighted by Gasteiger charge is -2.20. The molecule has 1 rings (SSSR count). The van der Waals surface area contributed by atoms with Gasteiger partial charge in [-0.3, -0.25) is 0 Å². The van der Waals surface area contributed by atoms with Crippen molar-refractivity contribution >= 4 is 17.6 Å². The van der Waals surface area contributed by atoms with Crippen LogP contribution in [0.15, 0.2) is 12.1 Å². The van der Waals surface area contributed by atoms with Crippen molar-refractivity contribution < 1.29 is 19.4 Å². The molecule has 0 aliphatic rings. The summed E-state index contributed by atoms with van der Waals surface area (Å²) in [5.74, 6) is -1.78. The fraction of sp³-hybridized carbons (Fsp3) is 0.385. The summed E-state index contributed by atoms with van der Waals surface area (Å²) < 4.78 is 5.17. The molecule has 0 bridgehead atoms. The first-order chi connectivity index (χ1) is 8.13. The second kappa shape index (κ2) is 4.68. The molecule has 0 atom stereocenters. The number of rotatable bonds is 2. The normalized spacial score (nSPS) is 11.1. The third kappa shape index (κ3) is 3.00. The molecule has 0 amide bonds. The molecule has 5 heteroatoms. The smallest absolute Gasteiger partial charge is 0.340 e. The summed E-state index contributed by atoms with van der Waals surface area (Å²) >= 11 is 0. The Morgan fingerprint density at radius 2 is 1.83 bits per heavy atom. The third-order valence-corrected chi connectivity index (χ3v) is 2.29. The van der Waals surface area contributed by atoms with Crippen LogP contribution in [0.3, 0.4) is 0 Å². The molecular formula is C13H17NO4. The van der Waals surface area contributed by atoms with Crippen LogP contribution >= 0.6 is 0 Å². The van der Waals surface area contributed by atoms with Gasteiger partial charge in [-0.1, -0.05) is 6.07 Å². The number of anilines is 1. The van der Waals surface area contributed by atoms with Gasteiger partial charge in [-0.25, -0.2) is 9.59 Å². The summed E-state index contributed by atoms with van der Waals surface area (Å²) in [5, 5.41) is 9.05. The monoisotopic (exact) mass is 251 g/mol. The minimum atomic E-state index is -1.16. The Kier molecular flexibility index (Phi) is 3.65. The summed E-state index contributed by atoms with van der Waals surface area (Å²) in [6, 6.07) is 3.02. The van der Waals surface area contributed by atoms with Crippen LogP contribution in [0.4, 0.5) is 5.69 Å². The molecule has 0 radical (unpaired) electrons. The van der Waals surface area contributed by atoms with Crippen molar-refractivity contribution in [1.82, 2.24) is 0 Å². The number of aromatic carboxylic acids is 1. The molecule has 5 nitrogen and oxygen atoms in total. The van der Waals surface area contributed by atoms with E-state index in [1.807, 2.05) is 0 Å². The Labute approximate surface area is 106 Å². The Bertz CT molecular complexity index is 500. The second-order valence-corrected chi connectivity index (χ2v) is 5.03. The van der Waals surface area contributed by atoms with Gasteiger partial charge in [0.15, 0.2) is 0 Å². The number of hydrogen-bond donors (Lipinski definition) is 2. The number of benzene rings is 1. The number of hydrogen-bond acceptors (Lipinski definition) is 4. The van der Waals surface area contributed by atoms with Crippen molar-refractivity contribution in [1.29, 1.82) is 0 Å². The highest BCUT2D eigenvalue weighted by atomic mass is 16.6. The predicted octanol–water partition coefficient (Wildman–Crippen LogP) is 2.23. The number of esters is 1. The van der Waals surface area contributed by atoms with Gasteiger partial charge in [-0.05, 0) is 39.3 Å². The number of carboxylic acids is 1. The van der Waals surface area contributed by atoms with Crippen LogP contribution in [-0.2, 0) is 4.74 Å². The van der Waals surface area contributed by atoms with Gasteiger partial charge in [0, 0.05) is 0 Å². The number of ether oxygens (including phenoxy) is 1. The topological polar surface area (TPSA) is 89.6 Å². The summed E-state index contributed by atoms with van der Waals surface area (Å²) in [6.07, 6.45) is 0. The van der Waals surface area contributed by atoms with Crippen LogP contribution < -0.4 is 5.73 Å². The molecule has 0 saturated heterocycles. The fourth-order valence-corrected chi connectivity index (χ4v) is 1.52. The first-order valence-corrected chi connectivity index (χ1v) is 5.49. The van der Waals surface area contributed by atoms with Crippen LogP contribution in [0.1, 0.15) is 47.1 Å². The van der Waals surface area contributed by atoms with Gasteiger partial charge in [0.1, 0.15) is 5.60 Å². The van der Waals surface area contributed by atoms with E-state index in [4.69, 9.17) is 15.6 Å². The largest absolute Gasteiger partial charge is 0.478 e. The standard InChI is InChI=1S/C13H17NO4/c1-7-5-6-8(10(14)9(7)11(15)16)12(17)18-13(2,3)4/h5-6H,14H2,1-4H3,(H,15,16). The van der Waals surface area contributed by atoms with Gasteiger partial charge in [0.2, 0.25) is 0 Å². The van der Waals surface area contributed by atoms with E-state index in [1.165, 1.54) is 6.07 Å². The summed E-state index contributed by atoms with van der Waals surface area (Å²) in [7, 11) is 0. The minimum absolute atomic E-state index is 0.0571. The average molecular weight is 251 g/mol. The Hall–Kier alpha value is -2.04. The molecule has 1 aromatic carbocycles. The Morgan fingerprint density at radius 3 is 2.28 bits per heavy atom. The van der Waals surface area contributed by atoms with Crippen molar-refractivity contribution in [2.24, 2.45) is 0 Å². The zero-order valence-corrected chi connectivity index (χ0v) is 10.9. The van der Waals surface area contributed by atoms with E-state index in [9.17, 15) is 9.59 Å². The molecular weight excluding hydrogens is 234 g/mol. The van der Waals surface area contributed by atoms with Crippen molar-refractivity contribution in [3.63, 3.8) is 0 Å². The molecule has 1 aromatic rings. The zero-order chi connectivity index (χ0) is 14.1. The van der Waals surface area contributed by atoms with Crippen molar-refractivity contribution in [3.8, 4) is 0 Å². The van der Waals surface area contributed by atoms with E-state index >= 15 is 0 Å². The Morgan fingerprint density at radius 1 is 1.28 bits per heavy atom. The maximum atomic E-state index is 11.9. The van der Waals surface area contributed by atoms with Crippen molar-refractivity contribution in [3.05, 3.63) is 28.8 Å². The van der Waals surface area contributed by atoms with Gasteiger partial charge in [0.25, 0.3) is 0 Å². The number of aryl methyl sites for hydroxylation is 1. The van der Waals surface area contributed by atoms with Crippen LogP contribution in [0.2, 0.25) is 0 Å². The van der Waals surface area contributed by atoms with Crippen LogP contribution in [0.25, 0.3) is 0 Å². The molecule has 0 aliphatic heterocycles. The van der Waals surface area contributed by atoms with Gasteiger partial charge in [0.05, 0.1) is 16.8 Å². The number of carboxylic acid groups (broad SMARTS) is 1. The second-order valence-electron chi connectivity index (χ2n) is 5.03. The molecule has 0 spiro atoms. The lowest BCUT2D eigenvalue weighted by Crippen LogP contribution is -2.25. The quantitative estimate of drug-likeness (QED) is 0.621. The van der Waals surface area contributed by atoms with Gasteiger partial charge in [-0.2, -0.15) is 0 Å². The van der Waals surface area contributed by atoms with Gasteiger partial charge in [-0.15, -0.1) is 0 Å². The van der Waals surface area contributed by atoms with E-state index in [1.54, 1.807) is 33.8 Å². The lowest BCUT2D eigenvalue weighted by atomic mass is 10.0. The van der Waals surface area contributed by atoms with Crippen LogP contribution in [0.5, 0.6) is 0 Å². The van der Waals surface area contributed by atoms with Gasteiger partial charge < -0.3 is 15.6 Å². The maximum absolute atomic E-state index is 11.9.